The Morgan fingerprint density at radius 3 is 2.33 bits per heavy atom. The molecule has 0 heterocycles. The molecule has 0 aliphatic heterocycles. The molecule has 0 aromatic rings. The highest BCUT2D eigenvalue weighted by Gasteiger charge is 2.37. The van der Waals surface area contributed by atoms with E-state index in [0.717, 1.165) is 12.7 Å². The first-order chi connectivity index (χ1) is 7.24. The summed E-state index contributed by atoms with van der Waals surface area (Å²) in [5, 5.41) is 0. The Morgan fingerprint density at radius 2 is 1.87 bits per heavy atom. The molecule has 4 nitrogen and oxygen atoms in total. The molecule has 0 bridgehead atoms. The molecule has 0 atom stereocenters. The third-order valence-corrected chi connectivity index (χ3v) is 4.74. The summed E-state index contributed by atoms with van der Waals surface area (Å²) in [5.41, 5.74) is 0. The highest BCUT2D eigenvalue weighted by atomic mass is 28.4. The fourth-order valence-corrected chi connectivity index (χ4v) is 2.90. The van der Waals surface area contributed by atoms with Crippen LogP contribution in [0.5, 0.6) is 0 Å². The van der Waals surface area contributed by atoms with E-state index >= 15 is 0 Å². The van der Waals surface area contributed by atoms with Gasteiger partial charge in [-0.15, -0.1) is 0 Å². The number of allylic oxidation sites excluding steroid dienone is 1. The van der Waals surface area contributed by atoms with Crippen LogP contribution in [0.25, 0.3) is 0 Å². The molecule has 5 heteroatoms. The number of carbonyl (C=O) groups is 1. The van der Waals surface area contributed by atoms with Gasteiger partial charge in [0.2, 0.25) is 0 Å². The second-order valence-electron chi connectivity index (χ2n) is 2.99. The molecule has 0 spiro atoms. The molecule has 0 aliphatic rings. The van der Waals surface area contributed by atoms with Gasteiger partial charge in [-0.2, -0.15) is 0 Å². The van der Waals surface area contributed by atoms with Crippen molar-refractivity contribution in [2.75, 3.05) is 20.8 Å². The van der Waals surface area contributed by atoms with Crippen LogP contribution in [0.4, 0.5) is 0 Å². The van der Waals surface area contributed by atoms with Crippen LogP contribution in [0.1, 0.15) is 19.8 Å². The van der Waals surface area contributed by atoms with Gasteiger partial charge < -0.3 is 18.1 Å². The molecule has 0 fully saturated rings. The smallest absolute Gasteiger partial charge is 0.377 e. The molecule has 0 radical (unpaired) electrons. The molecule has 0 saturated carbocycles. The predicted octanol–water partition coefficient (Wildman–Crippen LogP) is 1.79. The average Bonchev–Trinajstić information content (AvgIpc) is 2.29. The lowest BCUT2D eigenvalue weighted by Gasteiger charge is -2.24. The Morgan fingerprint density at radius 1 is 1.20 bits per heavy atom. The lowest BCUT2D eigenvalue weighted by Crippen LogP contribution is -2.43. The van der Waals surface area contributed by atoms with Gasteiger partial charge in [0.05, 0.1) is 6.61 Å². The van der Waals surface area contributed by atoms with Crippen molar-refractivity contribution < 1.29 is 18.1 Å². The molecule has 0 saturated heterocycles. The molecule has 0 rings (SSSR count). The number of aldehydes is 1. The predicted molar refractivity (Wildman–Crippen MR) is 60.6 cm³/mol. The van der Waals surface area contributed by atoms with Crippen molar-refractivity contribution >= 4 is 15.1 Å². The highest BCUT2D eigenvalue weighted by molar-refractivity contribution is 6.60. The maximum absolute atomic E-state index is 10.3. The van der Waals surface area contributed by atoms with Crippen LogP contribution in [0.2, 0.25) is 6.04 Å². The van der Waals surface area contributed by atoms with Crippen LogP contribution in [0.3, 0.4) is 0 Å². The largest absolute Gasteiger partial charge is 0.501 e. The van der Waals surface area contributed by atoms with Gasteiger partial charge in [-0.3, -0.25) is 0 Å². The second kappa shape index (κ2) is 8.79. The van der Waals surface area contributed by atoms with E-state index in [2.05, 4.69) is 6.92 Å². The van der Waals surface area contributed by atoms with Gasteiger partial charge in [-0.1, -0.05) is 19.1 Å². The Hall–Kier alpha value is -0.493. The van der Waals surface area contributed by atoms with E-state index in [1.807, 2.05) is 12.2 Å². The van der Waals surface area contributed by atoms with E-state index < -0.39 is 8.80 Å². The van der Waals surface area contributed by atoms with Crippen LogP contribution in [-0.4, -0.2) is 35.9 Å². The first-order valence-corrected chi connectivity index (χ1v) is 7.00. The normalized spacial score (nSPS) is 12.2. The van der Waals surface area contributed by atoms with Gasteiger partial charge in [-0.25, -0.2) is 0 Å². The van der Waals surface area contributed by atoms with Gasteiger partial charge >= 0.3 is 8.80 Å². The fourth-order valence-electron chi connectivity index (χ4n) is 1.12. The zero-order chi connectivity index (χ0) is 11.6. The van der Waals surface area contributed by atoms with Crippen LogP contribution < -0.4 is 0 Å². The van der Waals surface area contributed by atoms with Crippen LogP contribution in [0, 0.1) is 0 Å². The fraction of sp³-hybridized carbons (Fsp3) is 0.700. The second-order valence-corrected chi connectivity index (χ2v) is 5.96. The summed E-state index contributed by atoms with van der Waals surface area (Å²) in [6.07, 6.45) is 6.19. The topological polar surface area (TPSA) is 44.8 Å². The number of carbonyl (C=O) groups excluding carboxylic acids is 1. The summed E-state index contributed by atoms with van der Waals surface area (Å²) in [6.45, 7) is 2.53. The first-order valence-electron chi connectivity index (χ1n) is 5.07. The summed E-state index contributed by atoms with van der Waals surface area (Å²) in [4.78, 5) is 10.3. The molecular formula is C10H20O4Si. The summed E-state index contributed by atoms with van der Waals surface area (Å²) in [7, 11) is 0.522. The summed E-state index contributed by atoms with van der Waals surface area (Å²) >= 11 is 0. The number of rotatable bonds is 9. The van der Waals surface area contributed by atoms with Crippen LogP contribution in [-0.2, 0) is 18.1 Å². The molecule has 88 valence electrons. The third-order valence-electron chi connectivity index (χ3n) is 1.99. The average molecular weight is 232 g/mol. The van der Waals surface area contributed by atoms with E-state index in [4.69, 9.17) is 13.3 Å². The van der Waals surface area contributed by atoms with Crippen molar-refractivity contribution in [1.29, 1.82) is 0 Å². The zero-order valence-corrected chi connectivity index (χ0v) is 10.7. The standard InChI is InChI=1S/C10H20O4Si/c1-4-5-6-9-14-15(12-2,13-3)10-7-8-11/h5-6,8H,4,7,9-10H2,1-3H3. The minimum absolute atomic E-state index is 0.408. The lowest BCUT2D eigenvalue weighted by molar-refractivity contribution is -0.107. The van der Waals surface area contributed by atoms with Gasteiger partial charge in [0.1, 0.15) is 6.29 Å². The third kappa shape index (κ3) is 5.84. The van der Waals surface area contributed by atoms with E-state index in [-0.39, 0.29) is 0 Å². The SMILES string of the molecule is CCC=CCO[Si](CCC=O)(OC)OC. The Bertz CT molecular complexity index is 190. The highest BCUT2D eigenvalue weighted by Crippen LogP contribution is 2.15. The monoisotopic (exact) mass is 232 g/mol. The number of hydrogen-bond donors (Lipinski definition) is 0. The quantitative estimate of drug-likeness (QED) is 0.345. The van der Waals surface area contributed by atoms with Gasteiger partial charge in [-0.05, 0) is 6.42 Å². The minimum atomic E-state index is -2.60. The molecule has 0 N–H and O–H groups in total. The molecule has 0 aliphatic carbocycles. The van der Waals surface area contributed by atoms with Crippen molar-refractivity contribution in [3.63, 3.8) is 0 Å². The van der Waals surface area contributed by atoms with Crippen molar-refractivity contribution in [1.82, 2.24) is 0 Å². The van der Waals surface area contributed by atoms with Crippen LogP contribution in [0.15, 0.2) is 12.2 Å². The van der Waals surface area contributed by atoms with Crippen molar-refractivity contribution in [2.45, 2.75) is 25.8 Å². The summed E-state index contributed by atoms with van der Waals surface area (Å²) in [6, 6.07) is 0.531. The summed E-state index contributed by atoms with van der Waals surface area (Å²) in [5.74, 6) is 0. The molecule has 0 aromatic carbocycles. The first kappa shape index (κ1) is 14.5. The van der Waals surface area contributed by atoms with Crippen LogP contribution >= 0.6 is 0 Å². The molecule has 15 heavy (non-hydrogen) atoms. The molecule has 0 unspecified atom stereocenters. The Kier molecular flexibility index (Phi) is 8.50. The maximum Gasteiger partial charge on any atom is 0.501 e. The van der Waals surface area contributed by atoms with Crippen molar-refractivity contribution in [3.8, 4) is 0 Å². The Balaban J connectivity index is 4.10. The summed E-state index contributed by atoms with van der Waals surface area (Å²) < 4.78 is 16.1. The maximum atomic E-state index is 10.3. The lowest BCUT2D eigenvalue weighted by atomic mass is 10.4. The number of hydrogen-bond acceptors (Lipinski definition) is 4. The van der Waals surface area contributed by atoms with E-state index in [1.54, 1.807) is 14.2 Å². The molecular weight excluding hydrogens is 212 g/mol. The van der Waals surface area contributed by atoms with E-state index in [1.165, 1.54) is 0 Å². The zero-order valence-electron chi connectivity index (χ0n) is 9.69. The van der Waals surface area contributed by atoms with E-state index in [0.29, 0.717) is 19.1 Å². The molecule has 0 aromatic heterocycles. The van der Waals surface area contributed by atoms with Gasteiger partial charge in [0.25, 0.3) is 0 Å². The van der Waals surface area contributed by atoms with Crippen molar-refractivity contribution in [3.05, 3.63) is 12.2 Å². The van der Waals surface area contributed by atoms with Gasteiger partial charge in [0.15, 0.2) is 0 Å². The Labute approximate surface area is 92.6 Å². The molecule has 0 amide bonds. The van der Waals surface area contributed by atoms with Gasteiger partial charge in [0, 0.05) is 26.7 Å². The minimum Gasteiger partial charge on any atom is -0.377 e. The van der Waals surface area contributed by atoms with Crippen molar-refractivity contribution in [2.24, 2.45) is 0 Å². The van der Waals surface area contributed by atoms with E-state index in [9.17, 15) is 4.79 Å².